The predicted molar refractivity (Wildman–Crippen MR) is 105 cm³/mol. The minimum atomic E-state index is -0.615. The lowest BCUT2D eigenvalue weighted by molar-refractivity contribution is -0.133. The standard InChI is InChI=1S/C20H19N3O4S/c1-14(24)17-8-9-18(28-17)20(26)27-13-19(25)22(2)11-15-10-21-23(12-15)16-6-4-3-5-7-16/h3-10,12H,11,13H2,1-2H3. The summed E-state index contributed by atoms with van der Waals surface area (Å²) in [5.41, 5.74) is 1.79. The van der Waals surface area contributed by atoms with Crippen molar-refractivity contribution in [1.29, 1.82) is 0 Å². The molecule has 0 atom stereocenters. The molecule has 0 fully saturated rings. The summed E-state index contributed by atoms with van der Waals surface area (Å²) in [6.45, 7) is 1.41. The van der Waals surface area contributed by atoms with Gasteiger partial charge in [0.2, 0.25) is 0 Å². The topological polar surface area (TPSA) is 81.5 Å². The van der Waals surface area contributed by atoms with Crippen molar-refractivity contribution in [3.05, 3.63) is 70.2 Å². The summed E-state index contributed by atoms with van der Waals surface area (Å²) in [5, 5.41) is 4.30. The van der Waals surface area contributed by atoms with E-state index in [0.717, 1.165) is 22.6 Å². The quantitative estimate of drug-likeness (QED) is 0.452. The Morgan fingerprint density at radius 2 is 1.82 bits per heavy atom. The molecule has 7 nitrogen and oxygen atoms in total. The van der Waals surface area contributed by atoms with Gasteiger partial charge in [0, 0.05) is 25.4 Å². The van der Waals surface area contributed by atoms with Gasteiger partial charge in [0.05, 0.1) is 16.8 Å². The lowest BCUT2D eigenvalue weighted by Crippen LogP contribution is -2.30. The van der Waals surface area contributed by atoms with Crippen molar-refractivity contribution in [2.24, 2.45) is 0 Å². The van der Waals surface area contributed by atoms with Gasteiger partial charge in [0.15, 0.2) is 12.4 Å². The number of benzene rings is 1. The number of hydrogen-bond donors (Lipinski definition) is 0. The number of carbonyl (C=O) groups excluding carboxylic acids is 3. The van der Waals surface area contributed by atoms with E-state index in [1.165, 1.54) is 17.9 Å². The molecule has 8 heteroatoms. The van der Waals surface area contributed by atoms with Crippen molar-refractivity contribution in [2.45, 2.75) is 13.5 Å². The Labute approximate surface area is 166 Å². The van der Waals surface area contributed by atoms with Crippen LogP contribution in [0.15, 0.2) is 54.9 Å². The average Bonchev–Trinajstić information content (AvgIpc) is 3.36. The van der Waals surface area contributed by atoms with E-state index in [1.807, 2.05) is 36.5 Å². The predicted octanol–water partition coefficient (Wildman–Crippen LogP) is 2.95. The second kappa shape index (κ2) is 8.62. The largest absolute Gasteiger partial charge is 0.451 e. The molecule has 0 aliphatic rings. The molecule has 1 amide bonds. The number of likely N-dealkylation sites (N-methyl/N-ethyl adjacent to an activating group) is 1. The summed E-state index contributed by atoms with van der Waals surface area (Å²) in [5.74, 6) is -1.06. The molecule has 2 heterocycles. The van der Waals surface area contributed by atoms with Gasteiger partial charge in [-0.15, -0.1) is 11.3 Å². The maximum Gasteiger partial charge on any atom is 0.348 e. The smallest absolute Gasteiger partial charge is 0.348 e. The summed E-state index contributed by atoms with van der Waals surface area (Å²) in [7, 11) is 1.63. The summed E-state index contributed by atoms with van der Waals surface area (Å²) in [6.07, 6.45) is 3.54. The van der Waals surface area contributed by atoms with Crippen molar-refractivity contribution >= 4 is 29.0 Å². The summed E-state index contributed by atoms with van der Waals surface area (Å²) >= 11 is 1.05. The van der Waals surface area contributed by atoms with Crippen molar-refractivity contribution in [3.63, 3.8) is 0 Å². The van der Waals surface area contributed by atoms with Gasteiger partial charge in [0.1, 0.15) is 4.88 Å². The molecule has 2 aromatic heterocycles. The fourth-order valence-corrected chi connectivity index (χ4v) is 3.27. The van der Waals surface area contributed by atoms with E-state index in [4.69, 9.17) is 4.74 Å². The molecule has 1 aromatic carbocycles. The number of rotatable bonds is 7. The Morgan fingerprint density at radius 3 is 2.50 bits per heavy atom. The van der Waals surface area contributed by atoms with Crippen LogP contribution in [0.4, 0.5) is 0 Å². The molecular formula is C20H19N3O4S. The zero-order chi connectivity index (χ0) is 20.1. The van der Waals surface area contributed by atoms with Gasteiger partial charge in [-0.25, -0.2) is 9.48 Å². The summed E-state index contributed by atoms with van der Waals surface area (Å²) in [6, 6.07) is 12.7. The first-order chi connectivity index (χ1) is 13.4. The molecule has 3 rings (SSSR count). The minimum Gasteiger partial charge on any atom is -0.451 e. The zero-order valence-corrected chi connectivity index (χ0v) is 16.3. The number of hydrogen-bond acceptors (Lipinski definition) is 6. The SMILES string of the molecule is CC(=O)c1ccc(C(=O)OCC(=O)N(C)Cc2cnn(-c3ccccc3)c2)s1. The third-order valence-corrected chi connectivity index (χ3v) is 5.15. The summed E-state index contributed by atoms with van der Waals surface area (Å²) in [4.78, 5) is 37.8. The normalized spacial score (nSPS) is 10.5. The number of Topliss-reactive ketones (excluding diaryl/α,β-unsaturated/α-hetero) is 1. The van der Waals surface area contributed by atoms with Crippen LogP contribution in [0.25, 0.3) is 5.69 Å². The van der Waals surface area contributed by atoms with Gasteiger partial charge in [0.25, 0.3) is 5.91 Å². The highest BCUT2D eigenvalue weighted by molar-refractivity contribution is 7.15. The van der Waals surface area contributed by atoms with Crippen LogP contribution in [0.1, 0.15) is 31.8 Å². The van der Waals surface area contributed by atoms with Gasteiger partial charge in [-0.3, -0.25) is 9.59 Å². The molecule has 0 N–H and O–H groups in total. The van der Waals surface area contributed by atoms with Gasteiger partial charge in [-0.2, -0.15) is 5.10 Å². The average molecular weight is 397 g/mol. The fourth-order valence-electron chi connectivity index (χ4n) is 2.47. The van der Waals surface area contributed by atoms with E-state index in [0.29, 0.717) is 16.3 Å². The van der Waals surface area contributed by atoms with Gasteiger partial charge in [-0.1, -0.05) is 18.2 Å². The number of ether oxygens (including phenoxy) is 1. The molecule has 0 unspecified atom stereocenters. The number of thiophene rings is 1. The van der Waals surface area contributed by atoms with Crippen LogP contribution in [0, 0.1) is 0 Å². The van der Waals surface area contributed by atoms with Gasteiger partial charge >= 0.3 is 5.97 Å². The number of nitrogens with zero attached hydrogens (tertiary/aromatic N) is 3. The molecular weight excluding hydrogens is 378 g/mol. The third kappa shape index (κ3) is 4.72. The van der Waals surface area contributed by atoms with E-state index in [9.17, 15) is 14.4 Å². The number of para-hydroxylation sites is 1. The third-order valence-electron chi connectivity index (χ3n) is 3.98. The lowest BCUT2D eigenvalue weighted by atomic mass is 10.3. The van der Waals surface area contributed by atoms with E-state index in [1.54, 1.807) is 24.0 Å². The first-order valence-electron chi connectivity index (χ1n) is 8.55. The van der Waals surface area contributed by atoms with Crippen LogP contribution < -0.4 is 0 Å². The van der Waals surface area contributed by atoms with Crippen LogP contribution >= 0.6 is 11.3 Å². The van der Waals surface area contributed by atoms with Crippen LogP contribution in [0.3, 0.4) is 0 Å². The molecule has 28 heavy (non-hydrogen) atoms. The Balaban J connectivity index is 1.52. The van der Waals surface area contributed by atoms with Crippen LogP contribution in [-0.4, -0.2) is 46.0 Å². The fraction of sp³-hybridized carbons (Fsp3) is 0.200. The molecule has 144 valence electrons. The Kier molecular flexibility index (Phi) is 6.00. The molecule has 3 aromatic rings. The van der Waals surface area contributed by atoms with Crippen molar-refractivity contribution in [1.82, 2.24) is 14.7 Å². The van der Waals surface area contributed by atoms with E-state index >= 15 is 0 Å². The van der Waals surface area contributed by atoms with Crippen LogP contribution in [0.5, 0.6) is 0 Å². The Bertz CT molecular complexity index is 994. The first-order valence-corrected chi connectivity index (χ1v) is 9.36. The molecule has 0 saturated carbocycles. The molecule has 0 radical (unpaired) electrons. The summed E-state index contributed by atoms with van der Waals surface area (Å²) < 4.78 is 6.80. The molecule has 0 aliphatic heterocycles. The minimum absolute atomic E-state index is 0.115. The number of aromatic nitrogens is 2. The highest BCUT2D eigenvalue weighted by Gasteiger charge is 2.17. The van der Waals surface area contributed by atoms with Crippen molar-refractivity contribution in [3.8, 4) is 5.69 Å². The number of carbonyl (C=O) groups is 3. The van der Waals surface area contributed by atoms with Gasteiger partial charge < -0.3 is 9.64 Å². The maximum atomic E-state index is 12.2. The molecule has 0 spiro atoms. The maximum absolute atomic E-state index is 12.2. The zero-order valence-electron chi connectivity index (χ0n) is 15.5. The van der Waals surface area contributed by atoms with E-state index < -0.39 is 5.97 Å². The highest BCUT2D eigenvalue weighted by atomic mass is 32.1. The molecule has 0 saturated heterocycles. The molecule has 0 bridgehead atoms. The van der Waals surface area contributed by atoms with Crippen LogP contribution in [0.2, 0.25) is 0 Å². The van der Waals surface area contributed by atoms with E-state index in [-0.39, 0.29) is 18.3 Å². The number of amides is 1. The first kappa shape index (κ1) is 19.5. The second-order valence-electron chi connectivity index (χ2n) is 6.17. The number of ketones is 1. The Hall–Kier alpha value is -3.26. The highest BCUT2D eigenvalue weighted by Crippen LogP contribution is 2.18. The lowest BCUT2D eigenvalue weighted by Gasteiger charge is -2.15. The monoisotopic (exact) mass is 397 g/mol. The van der Waals surface area contributed by atoms with Crippen LogP contribution in [-0.2, 0) is 16.1 Å². The van der Waals surface area contributed by atoms with Crippen molar-refractivity contribution < 1.29 is 19.1 Å². The molecule has 0 aliphatic carbocycles. The number of esters is 1. The van der Waals surface area contributed by atoms with Crippen molar-refractivity contribution in [2.75, 3.05) is 13.7 Å². The Morgan fingerprint density at radius 1 is 1.11 bits per heavy atom. The second-order valence-corrected chi connectivity index (χ2v) is 7.26. The van der Waals surface area contributed by atoms with E-state index in [2.05, 4.69) is 5.10 Å². The van der Waals surface area contributed by atoms with Gasteiger partial charge in [-0.05, 0) is 31.2 Å².